The summed E-state index contributed by atoms with van der Waals surface area (Å²) in [5.74, 6) is 1.29. The quantitative estimate of drug-likeness (QED) is 0.760. The molecule has 2 rings (SSSR count). The lowest BCUT2D eigenvalue weighted by atomic mass is 9.61. The summed E-state index contributed by atoms with van der Waals surface area (Å²) in [6.45, 7) is 9.91. The first kappa shape index (κ1) is 12.7. The molecular formula is C13H24N2O2. The molecule has 1 N–H and O–H groups in total. The van der Waals surface area contributed by atoms with Crippen molar-refractivity contribution in [1.82, 2.24) is 10.2 Å². The Bertz CT molecular complexity index is 324. The van der Waals surface area contributed by atoms with Gasteiger partial charge in [0.15, 0.2) is 0 Å². The van der Waals surface area contributed by atoms with E-state index in [0.29, 0.717) is 11.8 Å². The number of rotatable bonds is 1. The number of nitrogens with one attached hydrogen (secondary N) is 1. The van der Waals surface area contributed by atoms with E-state index in [1.54, 1.807) is 0 Å². The van der Waals surface area contributed by atoms with Crippen LogP contribution in [0, 0.1) is 11.8 Å². The van der Waals surface area contributed by atoms with Gasteiger partial charge in [-0.3, -0.25) is 0 Å². The van der Waals surface area contributed by atoms with Crippen molar-refractivity contribution in [1.29, 1.82) is 0 Å². The minimum Gasteiger partial charge on any atom is -0.444 e. The second kappa shape index (κ2) is 3.87. The summed E-state index contributed by atoms with van der Waals surface area (Å²) in [6, 6.07) is 0. The fourth-order valence-electron chi connectivity index (χ4n) is 3.28. The third-order valence-electron chi connectivity index (χ3n) is 4.18. The summed E-state index contributed by atoms with van der Waals surface area (Å²) in [4.78, 5) is 13.9. The van der Waals surface area contributed by atoms with Crippen LogP contribution in [0.3, 0.4) is 0 Å². The summed E-state index contributed by atoms with van der Waals surface area (Å²) in [5.41, 5.74) is -0.416. The van der Waals surface area contributed by atoms with Crippen LogP contribution >= 0.6 is 0 Å². The molecule has 1 amide bonds. The number of fused-ring (bicyclic) bond motifs is 1. The number of hydrogen-bond donors (Lipinski definition) is 1. The van der Waals surface area contributed by atoms with Crippen LogP contribution in [-0.4, -0.2) is 42.3 Å². The van der Waals surface area contributed by atoms with Gasteiger partial charge < -0.3 is 15.0 Å². The summed E-state index contributed by atoms with van der Waals surface area (Å²) in [7, 11) is 1.87. The van der Waals surface area contributed by atoms with Crippen molar-refractivity contribution >= 4 is 6.09 Å². The van der Waals surface area contributed by atoms with E-state index in [9.17, 15) is 4.79 Å². The highest BCUT2D eigenvalue weighted by Gasteiger charge is 2.58. The number of hydrogen-bond acceptors (Lipinski definition) is 3. The molecule has 17 heavy (non-hydrogen) atoms. The molecular weight excluding hydrogens is 216 g/mol. The topological polar surface area (TPSA) is 41.6 Å². The highest BCUT2D eigenvalue weighted by Crippen LogP contribution is 2.49. The SMILES string of the molecule is C[C@@H]1C[C@]2(N(C)C(=O)OC(C)(C)C)CNC[C@H]12. The highest BCUT2D eigenvalue weighted by atomic mass is 16.6. The Hall–Kier alpha value is -0.770. The molecule has 1 aliphatic heterocycles. The molecule has 1 aliphatic carbocycles. The lowest BCUT2D eigenvalue weighted by Crippen LogP contribution is -2.64. The molecule has 2 aliphatic rings. The number of nitrogens with zero attached hydrogens (tertiary/aromatic N) is 1. The van der Waals surface area contributed by atoms with E-state index >= 15 is 0 Å². The number of carbonyl (C=O) groups excluding carboxylic acids is 1. The molecule has 0 aromatic rings. The molecule has 1 saturated heterocycles. The fraction of sp³-hybridized carbons (Fsp3) is 0.923. The lowest BCUT2D eigenvalue weighted by Gasteiger charge is -2.54. The van der Waals surface area contributed by atoms with Crippen LogP contribution in [0.15, 0.2) is 0 Å². The van der Waals surface area contributed by atoms with E-state index in [4.69, 9.17) is 4.74 Å². The van der Waals surface area contributed by atoms with Crippen molar-refractivity contribution < 1.29 is 9.53 Å². The van der Waals surface area contributed by atoms with Crippen LogP contribution in [0.5, 0.6) is 0 Å². The first-order valence-corrected chi connectivity index (χ1v) is 6.44. The molecule has 98 valence electrons. The third kappa shape index (κ3) is 2.03. The summed E-state index contributed by atoms with van der Waals surface area (Å²) in [5, 5.41) is 3.40. The van der Waals surface area contributed by atoms with Gasteiger partial charge in [-0.2, -0.15) is 0 Å². The van der Waals surface area contributed by atoms with Gasteiger partial charge in [-0.15, -0.1) is 0 Å². The Kier molecular flexibility index (Phi) is 2.89. The number of likely N-dealkylation sites (N-methyl/N-ethyl adjacent to an activating group) is 1. The molecule has 0 aromatic carbocycles. The van der Waals surface area contributed by atoms with E-state index in [-0.39, 0.29) is 11.6 Å². The van der Waals surface area contributed by atoms with Crippen molar-refractivity contribution in [2.24, 2.45) is 11.8 Å². The zero-order valence-corrected chi connectivity index (χ0v) is 11.5. The maximum Gasteiger partial charge on any atom is 0.410 e. The van der Waals surface area contributed by atoms with E-state index in [1.165, 1.54) is 0 Å². The third-order valence-corrected chi connectivity index (χ3v) is 4.18. The number of ether oxygens (including phenoxy) is 1. The van der Waals surface area contributed by atoms with Crippen molar-refractivity contribution in [3.8, 4) is 0 Å². The van der Waals surface area contributed by atoms with Crippen LogP contribution < -0.4 is 5.32 Å². The van der Waals surface area contributed by atoms with Crippen LogP contribution in [-0.2, 0) is 4.74 Å². The molecule has 4 heteroatoms. The molecule has 0 spiro atoms. The normalized spacial score (nSPS) is 36.1. The maximum atomic E-state index is 12.1. The van der Waals surface area contributed by atoms with Gasteiger partial charge >= 0.3 is 6.09 Å². The molecule has 0 aromatic heterocycles. The van der Waals surface area contributed by atoms with Crippen LogP contribution in [0.1, 0.15) is 34.1 Å². The summed E-state index contributed by atoms with van der Waals surface area (Å²) in [6.07, 6.45) is 0.888. The summed E-state index contributed by atoms with van der Waals surface area (Å²) >= 11 is 0. The second-order valence-corrected chi connectivity index (χ2v) is 6.56. The Morgan fingerprint density at radius 2 is 2.12 bits per heavy atom. The van der Waals surface area contributed by atoms with Gasteiger partial charge in [-0.25, -0.2) is 4.79 Å². The van der Waals surface area contributed by atoms with Crippen LogP contribution in [0.25, 0.3) is 0 Å². The molecule has 1 heterocycles. The molecule has 0 unspecified atom stereocenters. The minimum atomic E-state index is -0.418. The number of carbonyl (C=O) groups is 1. The van der Waals surface area contributed by atoms with Gasteiger partial charge in [0.2, 0.25) is 0 Å². The zero-order chi connectivity index (χ0) is 12.8. The van der Waals surface area contributed by atoms with Crippen molar-refractivity contribution in [3.63, 3.8) is 0 Å². The van der Waals surface area contributed by atoms with Gasteiger partial charge in [0.05, 0.1) is 5.54 Å². The van der Waals surface area contributed by atoms with E-state index < -0.39 is 5.60 Å². The molecule has 1 saturated carbocycles. The average Bonchev–Trinajstić information content (AvgIpc) is 2.51. The Morgan fingerprint density at radius 1 is 1.47 bits per heavy atom. The maximum absolute atomic E-state index is 12.1. The second-order valence-electron chi connectivity index (χ2n) is 6.56. The highest BCUT2D eigenvalue weighted by molar-refractivity contribution is 5.69. The molecule has 2 fully saturated rings. The van der Waals surface area contributed by atoms with Gasteiger partial charge in [0.1, 0.15) is 5.60 Å². The lowest BCUT2D eigenvalue weighted by molar-refractivity contribution is -0.0518. The monoisotopic (exact) mass is 240 g/mol. The smallest absolute Gasteiger partial charge is 0.410 e. The zero-order valence-electron chi connectivity index (χ0n) is 11.5. The molecule has 0 bridgehead atoms. The fourth-order valence-corrected chi connectivity index (χ4v) is 3.28. The summed E-state index contributed by atoms with van der Waals surface area (Å²) < 4.78 is 5.45. The van der Waals surface area contributed by atoms with Gasteiger partial charge in [-0.05, 0) is 39.0 Å². The molecule has 4 nitrogen and oxygen atoms in total. The minimum absolute atomic E-state index is 0.00174. The van der Waals surface area contributed by atoms with Crippen molar-refractivity contribution in [2.75, 3.05) is 20.1 Å². The standard InChI is InChI=1S/C13H24N2O2/c1-9-6-13(8-14-7-10(9)13)15(5)11(16)17-12(2,3)4/h9-10,14H,6-8H2,1-5H3/t9-,10-,13+/m1/s1. The molecule has 0 radical (unpaired) electrons. The van der Waals surface area contributed by atoms with E-state index in [0.717, 1.165) is 19.5 Å². The Balaban J connectivity index is 2.05. The first-order valence-electron chi connectivity index (χ1n) is 6.44. The number of amides is 1. The van der Waals surface area contributed by atoms with Gasteiger partial charge in [-0.1, -0.05) is 6.92 Å². The van der Waals surface area contributed by atoms with E-state index in [2.05, 4.69) is 12.2 Å². The van der Waals surface area contributed by atoms with Crippen LogP contribution in [0.4, 0.5) is 4.79 Å². The Labute approximate surface area is 104 Å². The average molecular weight is 240 g/mol. The predicted octanol–water partition coefficient (Wildman–Crippen LogP) is 1.85. The van der Waals surface area contributed by atoms with Gasteiger partial charge in [0.25, 0.3) is 0 Å². The van der Waals surface area contributed by atoms with Crippen LogP contribution in [0.2, 0.25) is 0 Å². The largest absolute Gasteiger partial charge is 0.444 e. The first-order chi connectivity index (χ1) is 7.76. The Morgan fingerprint density at radius 3 is 2.65 bits per heavy atom. The van der Waals surface area contributed by atoms with E-state index in [1.807, 2.05) is 32.7 Å². The predicted molar refractivity (Wildman–Crippen MR) is 66.9 cm³/mol. The van der Waals surface area contributed by atoms with Crippen molar-refractivity contribution in [2.45, 2.75) is 45.3 Å². The molecule has 3 atom stereocenters. The van der Waals surface area contributed by atoms with Gasteiger partial charge in [0, 0.05) is 20.1 Å². The van der Waals surface area contributed by atoms with Crippen molar-refractivity contribution in [3.05, 3.63) is 0 Å².